The average molecular weight is 290 g/mol. The molecular formula is C17H26N2O2. The van der Waals surface area contributed by atoms with E-state index in [0.717, 1.165) is 18.2 Å². The van der Waals surface area contributed by atoms with E-state index >= 15 is 0 Å². The van der Waals surface area contributed by atoms with Crippen molar-refractivity contribution in [1.82, 2.24) is 0 Å². The van der Waals surface area contributed by atoms with Crippen molar-refractivity contribution in [3.8, 4) is 0 Å². The Morgan fingerprint density at radius 2 is 2.14 bits per heavy atom. The summed E-state index contributed by atoms with van der Waals surface area (Å²) in [6, 6.07) is 5.48. The van der Waals surface area contributed by atoms with Crippen LogP contribution in [-0.2, 0) is 4.74 Å². The van der Waals surface area contributed by atoms with Gasteiger partial charge in [0, 0.05) is 17.9 Å². The topological polar surface area (TPSA) is 64.3 Å². The SMILES string of the molecule is CCOC(=O)c1cc(NCC2CCCCC2C)ccc1N. The standard InChI is InChI=1S/C17H26N2O2/c1-3-21-17(20)15-10-14(8-9-16(15)18)19-11-13-7-5-4-6-12(13)2/h8-10,12-13,19H,3-7,11,18H2,1-2H3. The van der Waals surface area contributed by atoms with Gasteiger partial charge in [-0.1, -0.05) is 26.2 Å². The molecule has 4 heteroatoms. The van der Waals surface area contributed by atoms with Gasteiger partial charge in [0.25, 0.3) is 0 Å². The van der Waals surface area contributed by atoms with Crippen LogP contribution in [0.5, 0.6) is 0 Å². The molecule has 0 heterocycles. The van der Waals surface area contributed by atoms with Gasteiger partial charge in [-0.3, -0.25) is 0 Å². The number of carbonyl (C=O) groups excluding carboxylic acids is 1. The maximum absolute atomic E-state index is 11.8. The predicted octanol–water partition coefficient (Wildman–Crippen LogP) is 3.68. The Morgan fingerprint density at radius 3 is 2.86 bits per heavy atom. The number of carbonyl (C=O) groups is 1. The van der Waals surface area contributed by atoms with Gasteiger partial charge in [-0.05, 0) is 43.4 Å². The molecule has 2 unspecified atom stereocenters. The van der Waals surface area contributed by atoms with Gasteiger partial charge < -0.3 is 15.8 Å². The molecule has 2 atom stereocenters. The Balaban J connectivity index is 2.00. The minimum absolute atomic E-state index is 0.357. The van der Waals surface area contributed by atoms with Gasteiger partial charge in [0.2, 0.25) is 0 Å². The summed E-state index contributed by atoms with van der Waals surface area (Å²) in [5.41, 5.74) is 7.69. The fourth-order valence-corrected chi connectivity index (χ4v) is 3.00. The Morgan fingerprint density at radius 1 is 1.38 bits per heavy atom. The summed E-state index contributed by atoms with van der Waals surface area (Å²) < 4.78 is 5.03. The zero-order valence-corrected chi connectivity index (χ0v) is 13.0. The molecule has 1 aliphatic rings. The quantitative estimate of drug-likeness (QED) is 0.641. The number of anilines is 2. The summed E-state index contributed by atoms with van der Waals surface area (Å²) in [7, 11) is 0. The van der Waals surface area contributed by atoms with E-state index in [-0.39, 0.29) is 5.97 Å². The highest BCUT2D eigenvalue weighted by Gasteiger charge is 2.21. The van der Waals surface area contributed by atoms with Gasteiger partial charge in [0.1, 0.15) is 0 Å². The number of hydrogen-bond donors (Lipinski definition) is 2. The molecule has 1 aromatic rings. The molecule has 0 spiro atoms. The molecule has 1 saturated carbocycles. The Kier molecular flexibility index (Phi) is 5.48. The lowest BCUT2D eigenvalue weighted by atomic mass is 9.80. The number of nitrogen functional groups attached to an aromatic ring is 1. The molecule has 0 bridgehead atoms. The molecular weight excluding hydrogens is 264 g/mol. The number of ether oxygens (including phenoxy) is 1. The summed E-state index contributed by atoms with van der Waals surface area (Å²) in [4.78, 5) is 11.8. The van der Waals surface area contributed by atoms with Crippen molar-refractivity contribution < 1.29 is 9.53 Å². The van der Waals surface area contributed by atoms with Gasteiger partial charge in [-0.2, -0.15) is 0 Å². The fourth-order valence-electron chi connectivity index (χ4n) is 3.00. The molecule has 3 N–H and O–H groups in total. The molecule has 0 radical (unpaired) electrons. The van der Waals surface area contributed by atoms with E-state index in [0.29, 0.717) is 23.8 Å². The van der Waals surface area contributed by atoms with E-state index in [1.165, 1.54) is 25.7 Å². The normalized spacial score (nSPS) is 21.8. The van der Waals surface area contributed by atoms with Crippen molar-refractivity contribution in [3.63, 3.8) is 0 Å². The third-order valence-corrected chi connectivity index (χ3v) is 4.41. The second-order valence-electron chi connectivity index (χ2n) is 5.93. The lowest BCUT2D eigenvalue weighted by Gasteiger charge is -2.29. The van der Waals surface area contributed by atoms with E-state index in [9.17, 15) is 4.79 Å². The van der Waals surface area contributed by atoms with Gasteiger partial charge in [0.15, 0.2) is 0 Å². The molecule has 0 amide bonds. The molecule has 0 aromatic heterocycles. The smallest absolute Gasteiger partial charge is 0.340 e. The number of nitrogens with two attached hydrogens (primary N) is 1. The third kappa shape index (κ3) is 4.13. The Hall–Kier alpha value is -1.71. The number of nitrogens with one attached hydrogen (secondary N) is 1. The van der Waals surface area contributed by atoms with Crippen LogP contribution >= 0.6 is 0 Å². The highest BCUT2D eigenvalue weighted by molar-refractivity contribution is 5.96. The van der Waals surface area contributed by atoms with Crippen LogP contribution in [0.4, 0.5) is 11.4 Å². The van der Waals surface area contributed by atoms with Crippen LogP contribution in [0.15, 0.2) is 18.2 Å². The molecule has 1 aliphatic carbocycles. The van der Waals surface area contributed by atoms with Crippen molar-refractivity contribution in [2.75, 3.05) is 24.2 Å². The van der Waals surface area contributed by atoms with Crippen LogP contribution in [0.1, 0.15) is 49.9 Å². The van der Waals surface area contributed by atoms with Crippen LogP contribution in [-0.4, -0.2) is 19.1 Å². The maximum Gasteiger partial charge on any atom is 0.340 e. The number of esters is 1. The molecule has 21 heavy (non-hydrogen) atoms. The average Bonchev–Trinajstić information content (AvgIpc) is 2.48. The highest BCUT2D eigenvalue weighted by atomic mass is 16.5. The molecule has 0 saturated heterocycles. The number of hydrogen-bond acceptors (Lipinski definition) is 4. The molecule has 0 aliphatic heterocycles. The Labute approximate surface area is 127 Å². The first-order valence-corrected chi connectivity index (χ1v) is 7.92. The van der Waals surface area contributed by atoms with Crippen molar-refractivity contribution in [2.24, 2.45) is 11.8 Å². The fraction of sp³-hybridized carbons (Fsp3) is 0.588. The number of rotatable bonds is 5. The summed E-state index contributed by atoms with van der Waals surface area (Å²) in [5.74, 6) is 1.12. The molecule has 116 valence electrons. The van der Waals surface area contributed by atoms with Crippen molar-refractivity contribution in [2.45, 2.75) is 39.5 Å². The summed E-state index contributed by atoms with van der Waals surface area (Å²) >= 11 is 0. The molecule has 1 fully saturated rings. The zero-order chi connectivity index (χ0) is 15.2. The first-order valence-electron chi connectivity index (χ1n) is 7.92. The lowest BCUT2D eigenvalue weighted by molar-refractivity contribution is 0.0527. The first-order chi connectivity index (χ1) is 10.1. The summed E-state index contributed by atoms with van der Waals surface area (Å²) in [6.07, 6.45) is 5.29. The summed E-state index contributed by atoms with van der Waals surface area (Å²) in [5, 5.41) is 3.45. The van der Waals surface area contributed by atoms with Crippen molar-refractivity contribution in [1.29, 1.82) is 0 Å². The third-order valence-electron chi connectivity index (χ3n) is 4.41. The van der Waals surface area contributed by atoms with Gasteiger partial charge in [-0.15, -0.1) is 0 Å². The minimum atomic E-state index is -0.357. The van der Waals surface area contributed by atoms with E-state index in [1.807, 2.05) is 6.07 Å². The van der Waals surface area contributed by atoms with E-state index in [1.54, 1.807) is 19.1 Å². The van der Waals surface area contributed by atoms with E-state index in [4.69, 9.17) is 10.5 Å². The predicted molar refractivity (Wildman–Crippen MR) is 86.4 cm³/mol. The summed E-state index contributed by atoms with van der Waals surface area (Å²) in [6.45, 7) is 5.43. The van der Waals surface area contributed by atoms with Crippen molar-refractivity contribution in [3.05, 3.63) is 23.8 Å². The van der Waals surface area contributed by atoms with Gasteiger partial charge >= 0.3 is 5.97 Å². The van der Waals surface area contributed by atoms with Crippen LogP contribution in [0.2, 0.25) is 0 Å². The molecule has 2 rings (SSSR count). The molecule has 1 aromatic carbocycles. The van der Waals surface area contributed by atoms with Crippen LogP contribution in [0.25, 0.3) is 0 Å². The second-order valence-corrected chi connectivity index (χ2v) is 5.93. The zero-order valence-electron chi connectivity index (χ0n) is 13.0. The molecule has 4 nitrogen and oxygen atoms in total. The van der Waals surface area contributed by atoms with Crippen LogP contribution in [0, 0.1) is 11.8 Å². The number of benzene rings is 1. The minimum Gasteiger partial charge on any atom is -0.462 e. The van der Waals surface area contributed by atoms with Gasteiger partial charge in [0.05, 0.1) is 12.2 Å². The Bertz CT molecular complexity index is 488. The largest absolute Gasteiger partial charge is 0.462 e. The van der Waals surface area contributed by atoms with Crippen LogP contribution in [0.3, 0.4) is 0 Å². The van der Waals surface area contributed by atoms with Gasteiger partial charge in [-0.25, -0.2) is 4.79 Å². The van der Waals surface area contributed by atoms with E-state index < -0.39 is 0 Å². The second kappa shape index (κ2) is 7.34. The van der Waals surface area contributed by atoms with Crippen LogP contribution < -0.4 is 11.1 Å². The van der Waals surface area contributed by atoms with E-state index in [2.05, 4.69) is 12.2 Å². The van der Waals surface area contributed by atoms with Crippen molar-refractivity contribution >= 4 is 17.3 Å². The highest BCUT2D eigenvalue weighted by Crippen LogP contribution is 2.30. The first kappa shape index (κ1) is 15.7. The monoisotopic (exact) mass is 290 g/mol. The lowest BCUT2D eigenvalue weighted by Crippen LogP contribution is -2.24. The maximum atomic E-state index is 11.8.